The van der Waals surface area contributed by atoms with Crippen LogP contribution in [0.25, 0.3) is 22.4 Å². The van der Waals surface area contributed by atoms with E-state index in [0.29, 0.717) is 16.5 Å². The van der Waals surface area contributed by atoms with Crippen molar-refractivity contribution in [3.63, 3.8) is 0 Å². The first-order valence-corrected chi connectivity index (χ1v) is 8.44. The molecule has 1 atom stereocenters. The lowest BCUT2D eigenvalue weighted by molar-refractivity contribution is 0.0929. The van der Waals surface area contributed by atoms with Crippen LogP contribution in [-0.2, 0) is 0 Å². The molecule has 0 aliphatic carbocycles. The molecule has 1 amide bonds. The minimum absolute atomic E-state index is 0.121. The van der Waals surface area contributed by atoms with E-state index in [9.17, 15) is 14.0 Å². The van der Waals surface area contributed by atoms with E-state index in [1.54, 1.807) is 31.2 Å². The number of carbonyl (C=O) groups is 1. The van der Waals surface area contributed by atoms with Crippen molar-refractivity contribution >= 4 is 16.9 Å². The number of hydrogen-bond acceptors (Lipinski definition) is 6. The summed E-state index contributed by atoms with van der Waals surface area (Å²) in [5.41, 5.74) is 0.118. The Morgan fingerprint density at radius 2 is 1.89 bits per heavy atom. The number of nitrogens with zero attached hydrogens (tertiary/aromatic N) is 2. The minimum Gasteiger partial charge on any atom is -0.422 e. The third-order valence-electron chi connectivity index (χ3n) is 4.15. The molecule has 4 aromatic rings. The van der Waals surface area contributed by atoms with Crippen molar-refractivity contribution in [1.29, 1.82) is 0 Å². The van der Waals surface area contributed by atoms with E-state index < -0.39 is 17.6 Å². The molecule has 2 aromatic carbocycles. The summed E-state index contributed by atoms with van der Waals surface area (Å²) in [6.07, 6.45) is 0. The third-order valence-corrected chi connectivity index (χ3v) is 4.15. The highest BCUT2D eigenvalue weighted by Crippen LogP contribution is 2.19. The summed E-state index contributed by atoms with van der Waals surface area (Å²) in [4.78, 5) is 28.8. The van der Waals surface area contributed by atoms with E-state index in [-0.39, 0.29) is 23.1 Å². The molecule has 0 bridgehead atoms. The maximum atomic E-state index is 13.0. The number of carbonyl (C=O) groups excluding carboxylic acids is 1. The van der Waals surface area contributed by atoms with Crippen molar-refractivity contribution in [3.05, 3.63) is 82.3 Å². The number of amides is 1. The molecular formula is C20H14FN3O4. The van der Waals surface area contributed by atoms with E-state index in [1.165, 1.54) is 30.3 Å². The summed E-state index contributed by atoms with van der Waals surface area (Å²) in [6.45, 7) is 1.64. The number of nitrogens with one attached hydrogen (secondary N) is 1. The van der Waals surface area contributed by atoms with Gasteiger partial charge in [0.25, 0.3) is 5.91 Å². The molecule has 0 aliphatic heterocycles. The lowest BCUT2D eigenvalue weighted by atomic mass is 10.1. The van der Waals surface area contributed by atoms with E-state index in [0.717, 1.165) is 0 Å². The quantitative estimate of drug-likeness (QED) is 0.545. The number of para-hydroxylation sites is 1. The molecule has 7 nitrogen and oxygen atoms in total. The molecule has 2 heterocycles. The highest BCUT2D eigenvalue weighted by atomic mass is 19.1. The first-order chi connectivity index (χ1) is 13.5. The number of aromatic nitrogens is 2. The summed E-state index contributed by atoms with van der Waals surface area (Å²) in [7, 11) is 0. The minimum atomic E-state index is -0.735. The highest BCUT2D eigenvalue weighted by Gasteiger charge is 2.21. The van der Waals surface area contributed by atoms with Crippen LogP contribution in [0.1, 0.15) is 29.2 Å². The van der Waals surface area contributed by atoms with Gasteiger partial charge in [-0.15, -0.1) is 0 Å². The molecule has 0 aliphatic rings. The van der Waals surface area contributed by atoms with Crippen molar-refractivity contribution in [1.82, 2.24) is 15.5 Å². The second-order valence-electron chi connectivity index (χ2n) is 6.14. The zero-order chi connectivity index (χ0) is 19.7. The second kappa shape index (κ2) is 7.07. The molecule has 140 valence electrons. The lowest BCUT2D eigenvalue weighted by Crippen LogP contribution is -2.30. The van der Waals surface area contributed by atoms with Gasteiger partial charge in [0.1, 0.15) is 23.0 Å². The molecule has 0 fully saturated rings. The molecule has 28 heavy (non-hydrogen) atoms. The van der Waals surface area contributed by atoms with E-state index in [4.69, 9.17) is 8.94 Å². The topological polar surface area (TPSA) is 98.2 Å². The lowest BCUT2D eigenvalue weighted by Gasteiger charge is -2.09. The van der Waals surface area contributed by atoms with Crippen LogP contribution < -0.4 is 10.9 Å². The molecule has 1 unspecified atom stereocenters. The summed E-state index contributed by atoms with van der Waals surface area (Å²) in [5.74, 6) is -0.574. The van der Waals surface area contributed by atoms with Crippen molar-refractivity contribution in [3.8, 4) is 11.4 Å². The maximum absolute atomic E-state index is 13.0. The van der Waals surface area contributed by atoms with Gasteiger partial charge in [-0.05, 0) is 43.3 Å². The van der Waals surface area contributed by atoms with Crippen LogP contribution in [0.3, 0.4) is 0 Å². The fourth-order valence-electron chi connectivity index (χ4n) is 2.68. The number of halogens is 1. The monoisotopic (exact) mass is 379 g/mol. The number of rotatable bonds is 4. The average molecular weight is 379 g/mol. The molecule has 1 N–H and O–H groups in total. The number of benzene rings is 2. The van der Waals surface area contributed by atoms with Crippen LogP contribution in [0.15, 0.2) is 68.3 Å². The molecule has 8 heteroatoms. The van der Waals surface area contributed by atoms with Crippen LogP contribution in [-0.4, -0.2) is 16.0 Å². The van der Waals surface area contributed by atoms with Gasteiger partial charge in [-0.2, -0.15) is 4.98 Å². The van der Waals surface area contributed by atoms with Gasteiger partial charge in [0.2, 0.25) is 11.7 Å². The summed E-state index contributed by atoms with van der Waals surface area (Å²) in [6, 6.07) is 13.3. The normalized spacial score (nSPS) is 12.1. The third kappa shape index (κ3) is 3.39. The molecule has 4 rings (SSSR count). The average Bonchev–Trinajstić information content (AvgIpc) is 3.18. The van der Waals surface area contributed by atoms with Gasteiger partial charge in [0.15, 0.2) is 0 Å². The Kier molecular flexibility index (Phi) is 4.44. The summed E-state index contributed by atoms with van der Waals surface area (Å²) in [5, 5.41) is 7.11. The van der Waals surface area contributed by atoms with Crippen molar-refractivity contribution in [2.24, 2.45) is 0 Å². The van der Waals surface area contributed by atoms with Crippen LogP contribution in [0.2, 0.25) is 0 Å². The predicted octanol–water partition coefficient (Wildman–Crippen LogP) is 3.47. The SMILES string of the molecule is CC(NC(=O)c1cc2ccccc2oc1=O)c1nc(-c2ccc(F)cc2)no1. The Morgan fingerprint density at radius 1 is 1.14 bits per heavy atom. The van der Waals surface area contributed by atoms with Crippen LogP contribution in [0, 0.1) is 5.82 Å². The van der Waals surface area contributed by atoms with E-state index >= 15 is 0 Å². The van der Waals surface area contributed by atoms with Crippen molar-refractivity contribution in [2.75, 3.05) is 0 Å². The zero-order valence-corrected chi connectivity index (χ0v) is 14.7. The fraction of sp³-hybridized carbons (Fsp3) is 0.100. The second-order valence-corrected chi connectivity index (χ2v) is 6.14. The fourth-order valence-corrected chi connectivity index (χ4v) is 2.68. The van der Waals surface area contributed by atoms with Crippen molar-refractivity contribution in [2.45, 2.75) is 13.0 Å². The van der Waals surface area contributed by atoms with Gasteiger partial charge in [-0.1, -0.05) is 23.4 Å². The van der Waals surface area contributed by atoms with Crippen molar-refractivity contribution < 1.29 is 18.1 Å². The molecular weight excluding hydrogens is 365 g/mol. The summed E-state index contributed by atoms with van der Waals surface area (Å²) < 4.78 is 23.4. The Labute approximate surface area is 157 Å². The Hall–Kier alpha value is -3.81. The number of fused-ring (bicyclic) bond motifs is 1. The van der Waals surface area contributed by atoms with Gasteiger partial charge in [0.05, 0.1) is 0 Å². The van der Waals surface area contributed by atoms with Crippen LogP contribution >= 0.6 is 0 Å². The van der Waals surface area contributed by atoms with Crippen LogP contribution in [0.5, 0.6) is 0 Å². The van der Waals surface area contributed by atoms with Gasteiger partial charge < -0.3 is 14.3 Å². The molecule has 0 radical (unpaired) electrons. The molecule has 0 saturated carbocycles. The van der Waals surface area contributed by atoms with Gasteiger partial charge >= 0.3 is 5.63 Å². The maximum Gasteiger partial charge on any atom is 0.349 e. The highest BCUT2D eigenvalue weighted by molar-refractivity contribution is 5.96. The Bertz CT molecular complexity index is 1210. The van der Waals surface area contributed by atoms with Gasteiger partial charge in [-0.25, -0.2) is 9.18 Å². The van der Waals surface area contributed by atoms with E-state index in [1.807, 2.05) is 0 Å². The number of hydrogen-bond donors (Lipinski definition) is 1. The molecule has 0 spiro atoms. The zero-order valence-electron chi connectivity index (χ0n) is 14.7. The standard InChI is InChI=1S/C20H14FN3O4/c1-11(19-23-17(24-28-19)12-6-8-14(21)9-7-12)22-18(25)15-10-13-4-2-3-5-16(13)27-20(15)26/h2-11H,1H3,(H,22,25). The Morgan fingerprint density at radius 3 is 2.68 bits per heavy atom. The first kappa shape index (κ1) is 17.6. The molecule has 2 aromatic heterocycles. The molecule has 0 saturated heterocycles. The van der Waals surface area contributed by atoms with E-state index in [2.05, 4.69) is 15.5 Å². The summed E-state index contributed by atoms with van der Waals surface area (Å²) >= 11 is 0. The van der Waals surface area contributed by atoms with Gasteiger partial charge in [-0.3, -0.25) is 4.79 Å². The van der Waals surface area contributed by atoms with Crippen LogP contribution in [0.4, 0.5) is 4.39 Å². The predicted molar refractivity (Wildman–Crippen MR) is 98.1 cm³/mol. The Balaban J connectivity index is 1.54. The van der Waals surface area contributed by atoms with Gasteiger partial charge in [0, 0.05) is 10.9 Å². The largest absolute Gasteiger partial charge is 0.422 e. The first-order valence-electron chi connectivity index (χ1n) is 8.44. The smallest absolute Gasteiger partial charge is 0.349 e.